The van der Waals surface area contributed by atoms with Crippen molar-refractivity contribution < 1.29 is 0 Å². The van der Waals surface area contributed by atoms with Gasteiger partial charge >= 0.3 is 0 Å². The van der Waals surface area contributed by atoms with Crippen molar-refractivity contribution in [3.8, 4) is 5.69 Å². The molecule has 0 aliphatic rings. The first-order chi connectivity index (χ1) is 10.6. The van der Waals surface area contributed by atoms with Crippen LogP contribution >= 0.6 is 35.0 Å². The SMILES string of the molecule is Cc1c(Cl)cccc1-n1ccnc1SCc1ncc(Cl)n1C. The zero-order valence-corrected chi connectivity index (χ0v) is 14.5. The number of thioether (sulfide) groups is 1. The highest BCUT2D eigenvalue weighted by Gasteiger charge is 2.12. The smallest absolute Gasteiger partial charge is 0.173 e. The van der Waals surface area contributed by atoms with E-state index in [0.717, 1.165) is 27.3 Å². The van der Waals surface area contributed by atoms with Gasteiger partial charge < -0.3 is 4.57 Å². The number of rotatable bonds is 4. The Morgan fingerprint density at radius 1 is 1.23 bits per heavy atom. The van der Waals surface area contributed by atoms with Gasteiger partial charge in [0.05, 0.1) is 17.6 Å². The van der Waals surface area contributed by atoms with Gasteiger partial charge in [0.25, 0.3) is 0 Å². The molecule has 0 saturated heterocycles. The first-order valence-electron chi connectivity index (χ1n) is 6.65. The topological polar surface area (TPSA) is 35.6 Å². The van der Waals surface area contributed by atoms with Crippen LogP contribution < -0.4 is 0 Å². The van der Waals surface area contributed by atoms with E-state index in [1.165, 1.54) is 0 Å². The molecule has 0 N–H and O–H groups in total. The van der Waals surface area contributed by atoms with Crippen LogP contribution in [0.15, 0.2) is 41.9 Å². The molecule has 114 valence electrons. The van der Waals surface area contributed by atoms with Gasteiger partial charge in [-0.1, -0.05) is 41.0 Å². The quantitative estimate of drug-likeness (QED) is 0.648. The zero-order valence-electron chi connectivity index (χ0n) is 12.1. The average molecular weight is 353 g/mol. The molecule has 2 heterocycles. The van der Waals surface area contributed by atoms with Gasteiger partial charge in [0.2, 0.25) is 0 Å². The first kappa shape index (κ1) is 15.5. The van der Waals surface area contributed by atoms with Crippen molar-refractivity contribution in [2.24, 2.45) is 7.05 Å². The number of hydrogen-bond acceptors (Lipinski definition) is 3. The van der Waals surface area contributed by atoms with Gasteiger partial charge in [-0.3, -0.25) is 4.57 Å². The van der Waals surface area contributed by atoms with Crippen LogP contribution in [0.2, 0.25) is 10.2 Å². The molecule has 4 nitrogen and oxygen atoms in total. The van der Waals surface area contributed by atoms with Crippen LogP contribution in [0.1, 0.15) is 11.4 Å². The Morgan fingerprint density at radius 3 is 2.77 bits per heavy atom. The minimum Gasteiger partial charge on any atom is -0.322 e. The normalized spacial score (nSPS) is 11.1. The highest BCUT2D eigenvalue weighted by Crippen LogP contribution is 2.28. The van der Waals surface area contributed by atoms with E-state index in [9.17, 15) is 0 Å². The molecule has 0 saturated carbocycles. The summed E-state index contributed by atoms with van der Waals surface area (Å²) in [5.41, 5.74) is 2.06. The molecule has 0 spiro atoms. The first-order valence-corrected chi connectivity index (χ1v) is 8.40. The van der Waals surface area contributed by atoms with Gasteiger partial charge in [-0.2, -0.15) is 0 Å². The molecule has 0 radical (unpaired) electrons. The average Bonchev–Trinajstić information content (AvgIpc) is 3.09. The summed E-state index contributed by atoms with van der Waals surface area (Å²) >= 11 is 13.8. The fourth-order valence-electron chi connectivity index (χ4n) is 2.12. The Morgan fingerprint density at radius 2 is 2.05 bits per heavy atom. The van der Waals surface area contributed by atoms with Crippen LogP contribution in [0, 0.1) is 6.92 Å². The predicted molar refractivity (Wildman–Crippen MR) is 91.1 cm³/mol. The molecular formula is C15H14Cl2N4S. The third-order valence-electron chi connectivity index (χ3n) is 3.46. The van der Waals surface area contributed by atoms with E-state index >= 15 is 0 Å². The van der Waals surface area contributed by atoms with Crippen molar-refractivity contribution in [1.82, 2.24) is 19.1 Å². The minimum absolute atomic E-state index is 0.629. The standard InChI is InChI=1S/C15H14Cl2N4S/c1-10-11(16)4-3-5-12(10)21-7-6-18-15(21)22-9-14-19-8-13(17)20(14)2/h3-8H,9H2,1-2H3. The predicted octanol–water partition coefficient (Wildman–Crippen LogP) is 4.51. The molecule has 7 heteroatoms. The monoisotopic (exact) mass is 352 g/mol. The second-order valence-electron chi connectivity index (χ2n) is 4.81. The highest BCUT2D eigenvalue weighted by molar-refractivity contribution is 7.98. The Bertz CT molecular complexity index is 810. The molecule has 0 aliphatic heterocycles. The van der Waals surface area contributed by atoms with Crippen LogP contribution in [0.5, 0.6) is 0 Å². The minimum atomic E-state index is 0.629. The summed E-state index contributed by atoms with van der Waals surface area (Å²) in [5.74, 6) is 1.60. The molecule has 0 unspecified atom stereocenters. The molecule has 0 fully saturated rings. The van der Waals surface area contributed by atoms with Crippen molar-refractivity contribution in [3.05, 3.63) is 58.4 Å². The van der Waals surface area contributed by atoms with Gasteiger partial charge in [0, 0.05) is 24.5 Å². The van der Waals surface area contributed by atoms with Crippen molar-refractivity contribution in [1.29, 1.82) is 0 Å². The molecule has 0 amide bonds. The summed E-state index contributed by atoms with van der Waals surface area (Å²) in [4.78, 5) is 8.73. The third kappa shape index (κ3) is 2.89. The largest absolute Gasteiger partial charge is 0.322 e. The number of aromatic nitrogens is 4. The maximum Gasteiger partial charge on any atom is 0.173 e. The Kier molecular flexibility index (Phi) is 4.47. The molecule has 0 atom stereocenters. The lowest BCUT2D eigenvalue weighted by molar-refractivity contribution is 0.843. The van der Waals surface area contributed by atoms with E-state index < -0.39 is 0 Å². The summed E-state index contributed by atoms with van der Waals surface area (Å²) < 4.78 is 3.91. The second-order valence-corrected chi connectivity index (χ2v) is 6.55. The third-order valence-corrected chi connectivity index (χ3v) is 5.19. The Hall–Kier alpha value is -1.43. The summed E-state index contributed by atoms with van der Waals surface area (Å²) in [5, 5.41) is 2.27. The van der Waals surface area contributed by atoms with Crippen LogP contribution in [-0.2, 0) is 12.8 Å². The molecule has 3 rings (SSSR count). The maximum atomic E-state index is 6.21. The van der Waals surface area contributed by atoms with Crippen molar-refractivity contribution in [2.75, 3.05) is 0 Å². The molecule has 22 heavy (non-hydrogen) atoms. The molecule has 0 aliphatic carbocycles. The van der Waals surface area contributed by atoms with Crippen LogP contribution in [0.25, 0.3) is 5.69 Å². The molecule has 0 bridgehead atoms. The van der Waals surface area contributed by atoms with Gasteiger partial charge in [0.1, 0.15) is 11.0 Å². The number of hydrogen-bond donors (Lipinski definition) is 0. The summed E-state index contributed by atoms with van der Waals surface area (Å²) in [6.45, 7) is 2.00. The van der Waals surface area contributed by atoms with Gasteiger partial charge in [0.15, 0.2) is 5.16 Å². The number of imidazole rings is 2. The Balaban J connectivity index is 1.86. The second kappa shape index (κ2) is 6.36. The molecular weight excluding hydrogens is 339 g/mol. The fourth-order valence-corrected chi connectivity index (χ4v) is 3.40. The van der Waals surface area contributed by atoms with Crippen molar-refractivity contribution >= 4 is 35.0 Å². The van der Waals surface area contributed by atoms with E-state index in [1.807, 2.05) is 47.5 Å². The number of halogens is 2. The van der Waals surface area contributed by atoms with Crippen molar-refractivity contribution in [2.45, 2.75) is 17.8 Å². The Labute approximate surface area is 143 Å². The zero-order chi connectivity index (χ0) is 15.7. The summed E-state index contributed by atoms with van der Waals surface area (Å²) in [7, 11) is 1.90. The van der Waals surface area contributed by atoms with Gasteiger partial charge in [-0.25, -0.2) is 9.97 Å². The lowest BCUT2D eigenvalue weighted by atomic mass is 10.2. The van der Waals surface area contributed by atoms with Crippen LogP contribution in [0.3, 0.4) is 0 Å². The van der Waals surface area contributed by atoms with E-state index in [0.29, 0.717) is 10.9 Å². The van der Waals surface area contributed by atoms with Gasteiger partial charge in [-0.05, 0) is 24.6 Å². The van der Waals surface area contributed by atoms with E-state index in [2.05, 4.69) is 9.97 Å². The van der Waals surface area contributed by atoms with E-state index in [-0.39, 0.29) is 0 Å². The van der Waals surface area contributed by atoms with Crippen LogP contribution in [0.4, 0.5) is 0 Å². The van der Waals surface area contributed by atoms with Crippen LogP contribution in [-0.4, -0.2) is 19.1 Å². The summed E-state index contributed by atoms with van der Waals surface area (Å²) in [6, 6.07) is 5.86. The molecule has 3 aromatic rings. The molecule has 1 aromatic carbocycles. The van der Waals surface area contributed by atoms with Crippen molar-refractivity contribution in [3.63, 3.8) is 0 Å². The lowest BCUT2D eigenvalue weighted by Gasteiger charge is -2.11. The van der Waals surface area contributed by atoms with E-state index in [4.69, 9.17) is 23.2 Å². The molecule has 2 aromatic heterocycles. The van der Waals surface area contributed by atoms with Gasteiger partial charge in [-0.15, -0.1) is 0 Å². The number of nitrogens with zero attached hydrogens (tertiary/aromatic N) is 4. The maximum absolute atomic E-state index is 6.21. The van der Waals surface area contributed by atoms with E-state index in [1.54, 1.807) is 24.2 Å². The fraction of sp³-hybridized carbons (Fsp3) is 0.200. The number of benzene rings is 1. The highest BCUT2D eigenvalue weighted by atomic mass is 35.5. The summed E-state index contributed by atoms with van der Waals surface area (Å²) in [6.07, 6.45) is 5.38. The lowest BCUT2D eigenvalue weighted by Crippen LogP contribution is -2.00.